The van der Waals surface area contributed by atoms with Gasteiger partial charge in [0.05, 0.1) is 11.2 Å². The number of fused-ring (bicyclic) bond motifs is 1. The number of nitrogens with one attached hydrogen (secondary N) is 3. The van der Waals surface area contributed by atoms with E-state index in [-0.39, 0.29) is 17.9 Å². The van der Waals surface area contributed by atoms with Gasteiger partial charge in [0.15, 0.2) is 5.52 Å². The van der Waals surface area contributed by atoms with Crippen LogP contribution in [-0.2, 0) is 0 Å². The van der Waals surface area contributed by atoms with Crippen molar-refractivity contribution in [1.29, 1.82) is 0 Å². The minimum atomic E-state index is -0.517. The number of aromatic nitrogens is 4. The van der Waals surface area contributed by atoms with Crippen molar-refractivity contribution in [3.8, 4) is 0 Å². The summed E-state index contributed by atoms with van der Waals surface area (Å²) in [6, 6.07) is 0. The van der Waals surface area contributed by atoms with Crippen LogP contribution in [0.3, 0.4) is 0 Å². The lowest BCUT2D eigenvalue weighted by Crippen LogP contribution is -2.21. The fraction of sp³-hybridized carbons (Fsp3) is 0.167. The number of rotatable bonds is 0. The number of nitrogens with zero attached hydrogens (tertiary/aromatic N) is 1. The molecule has 0 spiro atoms. The van der Waals surface area contributed by atoms with E-state index in [9.17, 15) is 9.59 Å². The third-order valence-electron chi connectivity index (χ3n) is 1.63. The van der Waals surface area contributed by atoms with Crippen molar-refractivity contribution in [3.63, 3.8) is 0 Å². The van der Waals surface area contributed by atoms with Gasteiger partial charge in [0.2, 0.25) is 0 Å². The molecule has 0 atom stereocenters. The van der Waals surface area contributed by atoms with E-state index in [1.54, 1.807) is 6.92 Å². The Bertz CT molecular complexity index is 537. The highest BCUT2D eigenvalue weighted by atomic mass is 35.5. The molecule has 3 N–H and O–H groups in total. The molecule has 13 heavy (non-hydrogen) atoms. The highest BCUT2D eigenvalue weighted by molar-refractivity contribution is 5.85. The van der Waals surface area contributed by atoms with Crippen molar-refractivity contribution in [2.24, 2.45) is 0 Å². The molecule has 0 fully saturated rings. The van der Waals surface area contributed by atoms with E-state index in [0.29, 0.717) is 11.2 Å². The molecule has 0 aromatic carbocycles. The van der Waals surface area contributed by atoms with Gasteiger partial charge in [-0.15, -0.1) is 12.4 Å². The van der Waals surface area contributed by atoms with Crippen LogP contribution >= 0.6 is 12.4 Å². The predicted molar refractivity (Wildman–Crippen MR) is 49.3 cm³/mol. The summed E-state index contributed by atoms with van der Waals surface area (Å²) in [6.07, 6.45) is 0. The van der Waals surface area contributed by atoms with Crippen LogP contribution in [0.25, 0.3) is 11.0 Å². The highest BCUT2D eigenvalue weighted by Crippen LogP contribution is 2.03. The molecule has 0 amide bonds. The first-order valence-corrected chi connectivity index (χ1v) is 3.36. The van der Waals surface area contributed by atoms with Crippen LogP contribution < -0.4 is 11.2 Å². The van der Waals surface area contributed by atoms with Crippen LogP contribution in [0.1, 0.15) is 5.69 Å². The second kappa shape index (κ2) is 3.06. The van der Waals surface area contributed by atoms with Crippen molar-refractivity contribution in [2.45, 2.75) is 6.92 Å². The molecule has 0 aliphatic heterocycles. The minimum Gasteiger partial charge on any atom is -0.304 e. The van der Waals surface area contributed by atoms with Gasteiger partial charge in [0, 0.05) is 0 Å². The minimum absolute atomic E-state index is 0. The van der Waals surface area contributed by atoms with E-state index in [4.69, 9.17) is 0 Å². The van der Waals surface area contributed by atoms with E-state index < -0.39 is 11.2 Å². The van der Waals surface area contributed by atoms with Gasteiger partial charge in [-0.3, -0.25) is 14.9 Å². The number of aryl methyl sites for hydroxylation is 1. The van der Waals surface area contributed by atoms with Gasteiger partial charge < -0.3 is 4.98 Å². The second-order valence-corrected chi connectivity index (χ2v) is 2.48. The average molecular weight is 203 g/mol. The molecule has 0 aliphatic carbocycles. The Hall–Kier alpha value is -1.56. The summed E-state index contributed by atoms with van der Waals surface area (Å²) < 4.78 is 0. The molecule has 70 valence electrons. The number of aromatic amines is 3. The Labute approximate surface area is 77.8 Å². The number of H-pyrrole nitrogens is 3. The van der Waals surface area contributed by atoms with E-state index >= 15 is 0 Å². The summed E-state index contributed by atoms with van der Waals surface area (Å²) in [6.45, 7) is 1.73. The largest absolute Gasteiger partial charge is 0.326 e. The molecule has 0 aliphatic rings. The van der Waals surface area contributed by atoms with E-state index in [2.05, 4.69) is 20.2 Å². The van der Waals surface area contributed by atoms with Gasteiger partial charge in [-0.05, 0) is 6.92 Å². The van der Waals surface area contributed by atoms with Crippen LogP contribution in [0.15, 0.2) is 9.59 Å². The summed E-state index contributed by atoms with van der Waals surface area (Å²) in [7, 11) is 0. The quantitative estimate of drug-likeness (QED) is 0.546. The van der Waals surface area contributed by atoms with Gasteiger partial charge in [-0.2, -0.15) is 5.10 Å². The Morgan fingerprint density at radius 1 is 1.23 bits per heavy atom. The van der Waals surface area contributed by atoms with Gasteiger partial charge in [0.1, 0.15) is 0 Å². The maximum atomic E-state index is 11.1. The van der Waals surface area contributed by atoms with Crippen LogP contribution in [0, 0.1) is 6.92 Å². The van der Waals surface area contributed by atoms with Crippen molar-refractivity contribution < 1.29 is 0 Å². The first-order chi connectivity index (χ1) is 5.68. The third-order valence-corrected chi connectivity index (χ3v) is 1.63. The molecule has 6 nitrogen and oxygen atoms in total. The Morgan fingerprint density at radius 2 is 1.92 bits per heavy atom. The summed E-state index contributed by atoms with van der Waals surface area (Å²) in [5.41, 5.74) is 0.374. The Morgan fingerprint density at radius 3 is 2.62 bits per heavy atom. The van der Waals surface area contributed by atoms with E-state index in [1.165, 1.54) is 0 Å². The highest BCUT2D eigenvalue weighted by Gasteiger charge is 2.05. The molecule has 0 radical (unpaired) electrons. The molecule has 2 rings (SSSR count). The normalized spacial score (nSPS) is 9.92. The first kappa shape index (κ1) is 9.53. The zero-order valence-electron chi connectivity index (χ0n) is 6.67. The lowest BCUT2D eigenvalue weighted by atomic mass is 10.4. The van der Waals surface area contributed by atoms with Gasteiger partial charge in [-0.1, -0.05) is 0 Å². The van der Waals surface area contributed by atoms with Crippen molar-refractivity contribution in [2.75, 3.05) is 0 Å². The summed E-state index contributed by atoms with van der Waals surface area (Å²) >= 11 is 0. The number of halogens is 1. The second-order valence-electron chi connectivity index (χ2n) is 2.48. The third kappa shape index (κ3) is 1.35. The molecular formula is C6H7ClN4O2. The van der Waals surface area contributed by atoms with Crippen LogP contribution in [0.2, 0.25) is 0 Å². The zero-order valence-corrected chi connectivity index (χ0v) is 7.49. The van der Waals surface area contributed by atoms with Crippen LogP contribution in [0.4, 0.5) is 0 Å². The standard InChI is InChI=1S/C6H6N4O2.ClH/c1-2-3-4(10-9-2)5(11)8-6(12)7-3;/h1H3,(H,9,10)(H2,7,8,11,12);1H. The van der Waals surface area contributed by atoms with Crippen LogP contribution in [-0.4, -0.2) is 20.2 Å². The monoisotopic (exact) mass is 202 g/mol. The summed E-state index contributed by atoms with van der Waals surface area (Å²) in [5.74, 6) is 0. The predicted octanol–water partition coefficient (Wildman–Crippen LogP) is -0.330. The van der Waals surface area contributed by atoms with Crippen molar-refractivity contribution >= 4 is 23.4 Å². The van der Waals surface area contributed by atoms with Gasteiger partial charge >= 0.3 is 5.69 Å². The van der Waals surface area contributed by atoms with Gasteiger partial charge in [0.25, 0.3) is 5.56 Å². The lowest BCUT2D eigenvalue weighted by Gasteiger charge is -1.86. The lowest BCUT2D eigenvalue weighted by molar-refractivity contribution is 1.05. The van der Waals surface area contributed by atoms with Crippen molar-refractivity contribution in [1.82, 2.24) is 20.2 Å². The first-order valence-electron chi connectivity index (χ1n) is 3.36. The summed E-state index contributed by atoms with van der Waals surface area (Å²) in [5, 5.41) is 6.32. The maximum absolute atomic E-state index is 11.1. The Balaban J connectivity index is 0.000000845. The topological polar surface area (TPSA) is 94.4 Å². The molecule has 2 aromatic heterocycles. The number of hydrogen-bond acceptors (Lipinski definition) is 3. The average Bonchev–Trinajstić information content (AvgIpc) is 2.33. The van der Waals surface area contributed by atoms with E-state index in [0.717, 1.165) is 0 Å². The smallest absolute Gasteiger partial charge is 0.304 e. The number of hydrogen-bond donors (Lipinski definition) is 3. The molecule has 2 heterocycles. The molecule has 7 heteroatoms. The summed E-state index contributed by atoms with van der Waals surface area (Å²) in [4.78, 5) is 26.4. The molecule has 2 aromatic rings. The zero-order chi connectivity index (χ0) is 8.72. The molecule has 0 unspecified atom stereocenters. The Kier molecular flexibility index (Phi) is 2.24. The van der Waals surface area contributed by atoms with Crippen LogP contribution in [0.5, 0.6) is 0 Å². The van der Waals surface area contributed by atoms with Crippen molar-refractivity contribution in [3.05, 3.63) is 26.5 Å². The molecular weight excluding hydrogens is 196 g/mol. The molecule has 0 saturated heterocycles. The maximum Gasteiger partial charge on any atom is 0.326 e. The van der Waals surface area contributed by atoms with E-state index in [1.807, 2.05) is 0 Å². The fourth-order valence-corrected chi connectivity index (χ4v) is 1.05. The van der Waals surface area contributed by atoms with Gasteiger partial charge in [-0.25, -0.2) is 4.79 Å². The molecule has 0 saturated carbocycles. The fourth-order valence-electron chi connectivity index (χ4n) is 1.05. The molecule has 0 bridgehead atoms. The SMILES string of the molecule is Cc1[nH]nc2c(=O)[nH]c(=O)[nH]c12.Cl.